The molecule has 2 nitrogen and oxygen atoms in total. The first-order valence-electron chi connectivity index (χ1n) is 4.30. The monoisotopic (exact) mass is 158 g/mol. The zero-order valence-electron chi connectivity index (χ0n) is 7.21. The van der Waals surface area contributed by atoms with Crippen molar-refractivity contribution in [1.82, 2.24) is 0 Å². The van der Waals surface area contributed by atoms with E-state index in [1.807, 2.05) is 0 Å². The lowest BCUT2D eigenvalue weighted by atomic mass is 10.2. The molecule has 0 aromatic heterocycles. The molecule has 2 heteroatoms. The molecule has 0 spiro atoms. The van der Waals surface area contributed by atoms with Crippen molar-refractivity contribution in [1.29, 1.82) is 0 Å². The standard InChI is InChI=1S/C9H18O2/c1-2-3-4-6-9(11)7-5-8-10/h7,10-11H,2-6,8H2,1H3/b9-7-. The minimum atomic E-state index is 0.123. The molecule has 0 aliphatic rings. The van der Waals surface area contributed by atoms with Gasteiger partial charge >= 0.3 is 0 Å². The molecule has 0 aliphatic carbocycles. The predicted octanol–water partition coefficient (Wildman–Crippen LogP) is 2.39. The van der Waals surface area contributed by atoms with Gasteiger partial charge in [-0.3, -0.25) is 0 Å². The highest BCUT2D eigenvalue weighted by atomic mass is 16.3. The molecule has 0 radical (unpaired) electrons. The van der Waals surface area contributed by atoms with Crippen molar-refractivity contribution in [2.45, 2.75) is 39.0 Å². The Labute approximate surface area is 68.6 Å². The number of hydrogen-bond donors (Lipinski definition) is 2. The average molecular weight is 158 g/mol. The second-order valence-electron chi connectivity index (χ2n) is 2.66. The van der Waals surface area contributed by atoms with Crippen LogP contribution in [0.25, 0.3) is 0 Å². The van der Waals surface area contributed by atoms with E-state index in [0.29, 0.717) is 12.2 Å². The van der Waals surface area contributed by atoms with Crippen LogP contribution in [-0.2, 0) is 0 Å². The Morgan fingerprint density at radius 2 is 2.09 bits per heavy atom. The third kappa shape index (κ3) is 7.40. The molecule has 66 valence electrons. The van der Waals surface area contributed by atoms with Crippen molar-refractivity contribution in [3.05, 3.63) is 11.8 Å². The van der Waals surface area contributed by atoms with Crippen LogP contribution in [-0.4, -0.2) is 16.8 Å². The van der Waals surface area contributed by atoms with Crippen molar-refractivity contribution in [3.63, 3.8) is 0 Å². The first-order valence-corrected chi connectivity index (χ1v) is 4.30. The molecule has 0 unspecified atom stereocenters. The molecule has 0 aromatic carbocycles. The Balaban J connectivity index is 3.27. The lowest BCUT2D eigenvalue weighted by Crippen LogP contribution is -1.84. The first-order chi connectivity index (χ1) is 5.31. The molecule has 2 N–H and O–H groups in total. The van der Waals surface area contributed by atoms with Gasteiger partial charge in [0.15, 0.2) is 0 Å². The molecular weight excluding hydrogens is 140 g/mol. The van der Waals surface area contributed by atoms with Crippen molar-refractivity contribution in [3.8, 4) is 0 Å². The SMILES string of the molecule is CCCCC/C(O)=C/CCO. The summed E-state index contributed by atoms with van der Waals surface area (Å²) in [5.74, 6) is 0.424. The molecule has 0 bridgehead atoms. The number of aliphatic hydroxyl groups excluding tert-OH is 2. The molecule has 0 saturated heterocycles. The molecule has 0 heterocycles. The maximum absolute atomic E-state index is 9.16. The van der Waals surface area contributed by atoms with Crippen LogP contribution in [0.15, 0.2) is 11.8 Å². The van der Waals surface area contributed by atoms with Gasteiger partial charge in [0.05, 0.1) is 5.76 Å². The molecule has 0 amide bonds. The van der Waals surface area contributed by atoms with E-state index in [1.165, 1.54) is 6.42 Å². The van der Waals surface area contributed by atoms with Gasteiger partial charge in [-0.05, 0) is 18.9 Å². The van der Waals surface area contributed by atoms with Gasteiger partial charge in [-0.15, -0.1) is 0 Å². The van der Waals surface area contributed by atoms with Gasteiger partial charge in [0.25, 0.3) is 0 Å². The van der Waals surface area contributed by atoms with E-state index in [9.17, 15) is 0 Å². The van der Waals surface area contributed by atoms with Crippen molar-refractivity contribution >= 4 is 0 Å². The van der Waals surface area contributed by atoms with E-state index in [4.69, 9.17) is 10.2 Å². The van der Waals surface area contributed by atoms with Gasteiger partial charge in [0.1, 0.15) is 0 Å². The number of aliphatic hydroxyl groups is 2. The summed E-state index contributed by atoms with van der Waals surface area (Å²) in [4.78, 5) is 0. The van der Waals surface area contributed by atoms with Gasteiger partial charge < -0.3 is 10.2 Å². The first kappa shape index (κ1) is 10.5. The molecule has 0 saturated carbocycles. The summed E-state index contributed by atoms with van der Waals surface area (Å²) >= 11 is 0. The van der Waals surface area contributed by atoms with Gasteiger partial charge in [-0.25, -0.2) is 0 Å². The summed E-state index contributed by atoms with van der Waals surface area (Å²) in [6, 6.07) is 0. The van der Waals surface area contributed by atoms with Crippen LogP contribution in [0.2, 0.25) is 0 Å². The van der Waals surface area contributed by atoms with Gasteiger partial charge in [0, 0.05) is 13.0 Å². The normalized spacial score (nSPS) is 12.0. The van der Waals surface area contributed by atoms with E-state index in [-0.39, 0.29) is 6.61 Å². The fraction of sp³-hybridized carbons (Fsp3) is 0.778. The van der Waals surface area contributed by atoms with Gasteiger partial charge in [-0.1, -0.05) is 19.8 Å². The zero-order valence-corrected chi connectivity index (χ0v) is 7.21. The Kier molecular flexibility index (Phi) is 7.26. The number of unbranched alkanes of at least 4 members (excludes halogenated alkanes) is 2. The average Bonchev–Trinajstić information content (AvgIpc) is 2.01. The second kappa shape index (κ2) is 7.61. The maximum atomic E-state index is 9.16. The minimum Gasteiger partial charge on any atom is -0.513 e. The van der Waals surface area contributed by atoms with Crippen LogP contribution >= 0.6 is 0 Å². The van der Waals surface area contributed by atoms with Crippen LogP contribution in [0.5, 0.6) is 0 Å². The highest BCUT2D eigenvalue weighted by Crippen LogP contribution is 2.06. The summed E-state index contributed by atoms with van der Waals surface area (Å²) in [7, 11) is 0. The molecule has 11 heavy (non-hydrogen) atoms. The van der Waals surface area contributed by atoms with Crippen molar-refractivity contribution in [2.75, 3.05) is 6.61 Å². The third-order valence-corrected chi connectivity index (χ3v) is 1.55. The van der Waals surface area contributed by atoms with Crippen molar-refractivity contribution in [2.24, 2.45) is 0 Å². The molecule has 0 atom stereocenters. The summed E-state index contributed by atoms with van der Waals surface area (Å²) in [5, 5.41) is 17.6. The molecule has 0 aliphatic heterocycles. The largest absolute Gasteiger partial charge is 0.513 e. The number of hydrogen-bond acceptors (Lipinski definition) is 2. The summed E-state index contributed by atoms with van der Waals surface area (Å²) in [6.07, 6.45) is 6.40. The minimum absolute atomic E-state index is 0.123. The molecule has 0 aromatic rings. The van der Waals surface area contributed by atoms with Crippen LogP contribution in [0.4, 0.5) is 0 Å². The van der Waals surface area contributed by atoms with Crippen molar-refractivity contribution < 1.29 is 10.2 Å². The van der Waals surface area contributed by atoms with Gasteiger partial charge in [-0.2, -0.15) is 0 Å². The highest BCUT2D eigenvalue weighted by molar-refractivity contribution is 4.90. The topological polar surface area (TPSA) is 40.5 Å². The highest BCUT2D eigenvalue weighted by Gasteiger charge is 1.91. The number of rotatable bonds is 6. The van der Waals surface area contributed by atoms with E-state index >= 15 is 0 Å². The fourth-order valence-corrected chi connectivity index (χ4v) is 0.889. The van der Waals surface area contributed by atoms with E-state index in [1.54, 1.807) is 6.08 Å². The fourth-order valence-electron chi connectivity index (χ4n) is 0.889. The van der Waals surface area contributed by atoms with Crippen LogP contribution < -0.4 is 0 Å². The zero-order chi connectivity index (χ0) is 8.53. The summed E-state index contributed by atoms with van der Waals surface area (Å²) < 4.78 is 0. The Morgan fingerprint density at radius 1 is 1.36 bits per heavy atom. The lowest BCUT2D eigenvalue weighted by molar-refractivity contribution is 0.298. The maximum Gasteiger partial charge on any atom is 0.0883 e. The second-order valence-corrected chi connectivity index (χ2v) is 2.66. The van der Waals surface area contributed by atoms with Gasteiger partial charge in [0.2, 0.25) is 0 Å². The Hall–Kier alpha value is -0.500. The number of allylic oxidation sites excluding steroid dienone is 1. The van der Waals surface area contributed by atoms with E-state index in [0.717, 1.165) is 19.3 Å². The predicted molar refractivity (Wildman–Crippen MR) is 46.6 cm³/mol. The summed E-state index contributed by atoms with van der Waals surface area (Å²) in [6.45, 7) is 2.26. The van der Waals surface area contributed by atoms with Crippen LogP contribution in [0.3, 0.4) is 0 Å². The quantitative estimate of drug-likeness (QED) is 0.460. The summed E-state index contributed by atoms with van der Waals surface area (Å²) in [5.41, 5.74) is 0. The Bertz CT molecular complexity index is 108. The Morgan fingerprint density at radius 3 is 2.64 bits per heavy atom. The van der Waals surface area contributed by atoms with Crippen LogP contribution in [0.1, 0.15) is 39.0 Å². The van der Waals surface area contributed by atoms with Crippen LogP contribution in [0, 0.1) is 0 Å². The molecule has 0 rings (SSSR count). The van der Waals surface area contributed by atoms with E-state index < -0.39 is 0 Å². The third-order valence-electron chi connectivity index (χ3n) is 1.55. The lowest BCUT2D eigenvalue weighted by Gasteiger charge is -1.97. The molecular formula is C9H18O2. The smallest absolute Gasteiger partial charge is 0.0883 e. The van der Waals surface area contributed by atoms with E-state index in [2.05, 4.69) is 6.92 Å². The molecule has 0 fully saturated rings.